The van der Waals surface area contributed by atoms with E-state index in [0.717, 1.165) is 39.1 Å². The summed E-state index contributed by atoms with van der Waals surface area (Å²) < 4.78 is 0. The Morgan fingerprint density at radius 2 is 1.85 bits per heavy atom. The molecular weight excluding hydrogens is 252 g/mol. The van der Waals surface area contributed by atoms with Gasteiger partial charge < -0.3 is 5.11 Å². The quantitative estimate of drug-likeness (QED) is 0.912. The number of carboxylic acids is 1. The van der Waals surface area contributed by atoms with Crippen LogP contribution in [0.2, 0.25) is 0 Å². The number of aliphatic carboxylic acids is 1. The largest absolute Gasteiger partial charge is 0.480 e. The molecule has 20 heavy (non-hydrogen) atoms. The van der Waals surface area contributed by atoms with E-state index in [4.69, 9.17) is 5.11 Å². The third-order valence-corrected chi connectivity index (χ3v) is 3.94. The molecule has 0 aromatic heterocycles. The fourth-order valence-electron chi connectivity index (χ4n) is 2.74. The third-order valence-electron chi connectivity index (χ3n) is 3.94. The lowest BCUT2D eigenvalue weighted by Gasteiger charge is -2.22. The standard InChI is InChI=1S/C16H24N2O2/c1-13-4-5-14(2)15(10-13)11-17-6-3-7-18(9-8-17)12-16(19)20/h4-5,10H,3,6-9,11-12H2,1-2H3,(H,19,20). The Labute approximate surface area is 121 Å². The van der Waals surface area contributed by atoms with E-state index in [1.807, 2.05) is 4.90 Å². The summed E-state index contributed by atoms with van der Waals surface area (Å²) >= 11 is 0. The first-order valence-corrected chi connectivity index (χ1v) is 7.27. The molecule has 4 nitrogen and oxygen atoms in total. The fourth-order valence-corrected chi connectivity index (χ4v) is 2.74. The molecule has 1 N–H and O–H groups in total. The molecule has 2 rings (SSSR count). The Balaban J connectivity index is 1.94. The number of hydrogen-bond donors (Lipinski definition) is 1. The molecular formula is C16H24N2O2. The number of carbonyl (C=O) groups is 1. The highest BCUT2D eigenvalue weighted by Crippen LogP contribution is 2.14. The van der Waals surface area contributed by atoms with Gasteiger partial charge in [-0.15, -0.1) is 0 Å². The Morgan fingerprint density at radius 1 is 1.15 bits per heavy atom. The van der Waals surface area contributed by atoms with Crippen molar-refractivity contribution in [3.05, 3.63) is 34.9 Å². The van der Waals surface area contributed by atoms with Gasteiger partial charge in [-0.2, -0.15) is 0 Å². The Morgan fingerprint density at radius 3 is 2.60 bits per heavy atom. The molecule has 1 heterocycles. The second-order valence-corrected chi connectivity index (χ2v) is 5.73. The Bertz CT molecular complexity index is 474. The van der Waals surface area contributed by atoms with Crippen molar-refractivity contribution in [2.75, 3.05) is 32.7 Å². The lowest BCUT2D eigenvalue weighted by atomic mass is 10.1. The minimum absolute atomic E-state index is 0.164. The molecule has 0 spiro atoms. The third kappa shape index (κ3) is 4.32. The maximum absolute atomic E-state index is 10.8. The zero-order valence-corrected chi connectivity index (χ0v) is 12.4. The van der Waals surface area contributed by atoms with Gasteiger partial charge in [-0.05, 0) is 37.9 Å². The van der Waals surface area contributed by atoms with Gasteiger partial charge in [-0.25, -0.2) is 0 Å². The minimum Gasteiger partial charge on any atom is -0.480 e. The van der Waals surface area contributed by atoms with Crippen LogP contribution in [0.15, 0.2) is 18.2 Å². The molecule has 110 valence electrons. The van der Waals surface area contributed by atoms with Gasteiger partial charge in [0.25, 0.3) is 0 Å². The van der Waals surface area contributed by atoms with Gasteiger partial charge in [-0.3, -0.25) is 14.6 Å². The summed E-state index contributed by atoms with van der Waals surface area (Å²) in [6, 6.07) is 6.59. The zero-order chi connectivity index (χ0) is 14.5. The maximum Gasteiger partial charge on any atom is 0.317 e. The van der Waals surface area contributed by atoms with E-state index in [1.165, 1.54) is 16.7 Å². The van der Waals surface area contributed by atoms with Gasteiger partial charge in [0.15, 0.2) is 0 Å². The van der Waals surface area contributed by atoms with E-state index >= 15 is 0 Å². The summed E-state index contributed by atoms with van der Waals surface area (Å²) in [5.41, 5.74) is 4.02. The maximum atomic E-state index is 10.8. The van der Waals surface area contributed by atoms with E-state index in [1.54, 1.807) is 0 Å². The summed E-state index contributed by atoms with van der Waals surface area (Å²) in [5.74, 6) is -0.729. The van der Waals surface area contributed by atoms with E-state index in [9.17, 15) is 4.79 Å². The molecule has 0 saturated carbocycles. The van der Waals surface area contributed by atoms with Crippen molar-refractivity contribution in [3.63, 3.8) is 0 Å². The molecule has 0 atom stereocenters. The number of aryl methyl sites for hydroxylation is 2. The molecule has 1 aromatic carbocycles. The predicted octanol–water partition coefficient (Wildman–Crippen LogP) is 1.90. The normalized spacial score (nSPS) is 17.9. The van der Waals surface area contributed by atoms with Crippen molar-refractivity contribution < 1.29 is 9.90 Å². The average Bonchev–Trinajstić information content (AvgIpc) is 2.59. The van der Waals surface area contributed by atoms with E-state index in [0.29, 0.717) is 0 Å². The molecule has 1 saturated heterocycles. The van der Waals surface area contributed by atoms with Crippen LogP contribution in [0.3, 0.4) is 0 Å². The first-order valence-electron chi connectivity index (χ1n) is 7.27. The number of nitrogens with zero attached hydrogens (tertiary/aromatic N) is 2. The highest BCUT2D eigenvalue weighted by molar-refractivity contribution is 5.69. The van der Waals surface area contributed by atoms with Crippen LogP contribution < -0.4 is 0 Å². The van der Waals surface area contributed by atoms with E-state index in [2.05, 4.69) is 36.9 Å². The number of carboxylic acid groups (broad SMARTS) is 1. The smallest absolute Gasteiger partial charge is 0.317 e. The number of rotatable bonds is 4. The molecule has 0 amide bonds. The van der Waals surface area contributed by atoms with Crippen LogP contribution in [0.5, 0.6) is 0 Å². The second kappa shape index (κ2) is 6.86. The van der Waals surface area contributed by atoms with Crippen molar-refractivity contribution in [1.29, 1.82) is 0 Å². The van der Waals surface area contributed by atoms with E-state index < -0.39 is 5.97 Å². The Kier molecular flexibility index (Phi) is 5.15. The first kappa shape index (κ1) is 15.0. The molecule has 1 aliphatic heterocycles. The van der Waals surface area contributed by atoms with Crippen LogP contribution in [0, 0.1) is 13.8 Å². The zero-order valence-electron chi connectivity index (χ0n) is 12.4. The van der Waals surface area contributed by atoms with Crippen LogP contribution in [0.4, 0.5) is 0 Å². The molecule has 1 aliphatic rings. The molecule has 0 unspecified atom stereocenters. The minimum atomic E-state index is -0.729. The molecule has 0 bridgehead atoms. The van der Waals surface area contributed by atoms with Gasteiger partial charge in [-0.1, -0.05) is 23.8 Å². The summed E-state index contributed by atoms with van der Waals surface area (Å²) in [4.78, 5) is 15.2. The predicted molar refractivity (Wildman–Crippen MR) is 79.9 cm³/mol. The highest BCUT2D eigenvalue weighted by atomic mass is 16.4. The van der Waals surface area contributed by atoms with Gasteiger partial charge >= 0.3 is 5.97 Å². The van der Waals surface area contributed by atoms with Gasteiger partial charge in [0, 0.05) is 26.2 Å². The van der Waals surface area contributed by atoms with Crippen molar-refractivity contribution in [1.82, 2.24) is 9.80 Å². The van der Waals surface area contributed by atoms with Gasteiger partial charge in [0.2, 0.25) is 0 Å². The van der Waals surface area contributed by atoms with Crippen molar-refractivity contribution >= 4 is 5.97 Å². The van der Waals surface area contributed by atoms with Gasteiger partial charge in [0.1, 0.15) is 0 Å². The van der Waals surface area contributed by atoms with Crippen LogP contribution in [0.25, 0.3) is 0 Å². The summed E-state index contributed by atoms with van der Waals surface area (Å²) in [7, 11) is 0. The molecule has 1 aromatic rings. The summed E-state index contributed by atoms with van der Waals surface area (Å²) in [6.07, 6.45) is 1.04. The first-order chi connectivity index (χ1) is 9.54. The lowest BCUT2D eigenvalue weighted by molar-refractivity contribution is -0.138. The highest BCUT2D eigenvalue weighted by Gasteiger charge is 2.17. The topological polar surface area (TPSA) is 43.8 Å². The summed E-state index contributed by atoms with van der Waals surface area (Å²) in [5, 5.41) is 8.87. The van der Waals surface area contributed by atoms with E-state index in [-0.39, 0.29) is 6.54 Å². The molecule has 0 radical (unpaired) electrons. The van der Waals surface area contributed by atoms with Crippen molar-refractivity contribution in [3.8, 4) is 0 Å². The molecule has 4 heteroatoms. The van der Waals surface area contributed by atoms with Gasteiger partial charge in [0.05, 0.1) is 6.54 Å². The van der Waals surface area contributed by atoms with Crippen LogP contribution >= 0.6 is 0 Å². The second-order valence-electron chi connectivity index (χ2n) is 5.73. The number of hydrogen-bond acceptors (Lipinski definition) is 3. The average molecular weight is 276 g/mol. The lowest BCUT2D eigenvalue weighted by Crippen LogP contribution is -2.34. The number of benzene rings is 1. The van der Waals surface area contributed by atoms with Crippen LogP contribution in [0.1, 0.15) is 23.1 Å². The summed E-state index contributed by atoms with van der Waals surface area (Å²) in [6.45, 7) is 9.13. The SMILES string of the molecule is Cc1ccc(C)c(CN2CCCN(CC(=O)O)CC2)c1. The van der Waals surface area contributed by atoms with Crippen LogP contribution in [-0.4, -0.2) is 53.6 Å². The Hall–Kier alpha value is -1.39. The van der Waals surface area contributed by atoms with Crippen molar-refractivity contribution in [2.45, 2.75) is 26.8 Å². The van der Waals surface area contributed by atoms with Crippen LogP contribution in [-0.2, 0) is 11.3 Å². The van der Waals surface area contributed by atoms with Crippen molar-refractivity contribution in [2.24, 2.45) is 0 Å². The molecule has 1 fully saturated rings. The fraction of sp³-hybridized carbons (Fsp3) is 0.562. The molecule has 0 aliphatic carbocycles. The monoisotopic (exact) mass is 276 g/mol.